The van der Waals surface area contributed by atoms with Crippen LogP contribution in [-0.2, 0) is 0 Å². The zero-order valence-electron chi connectivity index (χ0n) is 77.6. The number of rotatable bonds is 19. The predicted molar refractivity (Wildman–Crippen MR) is 600 cm³/mol. The van der Waals surface area contributed by atoms with Crippen molar-refractivity contribution in [2.75, 3.05) is 9.80 Å². The van der Waals surface area contributed by atoms with Crippen LogP contribution in [0.1, 0.15) is 0 Å². The topological polar surface area (TPSA) is 26.2 Å². The lowest BCUT2D eigenvalue weighted by atomic mass is 9.95. The zero-order valence-corrected chi connectivity index (χ0v) is 77.6. The number of hydrogen-bond donors (Lipinski definition) is 0. The first-order valence-corrected chi connectivity index (χ1v) is 48.8. The molecule has 27 aromatic rings. The van der Waals surface area contributed by atoms with E-state index in [9.17, 15) is 0 Å². The largest absolute Gasteiger partial charge is 0.311 e. The van der Waals surface area contributed by atoms with E-state index in [0.717, 1.165) is 134 Å². The summed E-state index contributed by atoms with van der Waals surface area (Å²) >= 11 is 0. The molecule has 6 nitrogen and oxygen atoms in total. The first-order chi connectivity index (χ1) is 70.4. The van der Waals surface area contributed by atoms with Crippen LogP contribution >= 0.6 is 0 Å². The summed E-state index contributed by atoms with van der Waals surface area (Å²) in [6.45, 7) is 0. The maximum atomic E-state index is 2.44. The minimum atomic E-state index is 1.06. The van der Waals surface area contributed by atoms with Crippen molar-refractivity contribution < 1.29 is 0 Å². The molecule has 0 saturated carbocycles. The number of anilines is 6. The molecule has 0 bridgehead atoms. The van der Waals surface area contributed by atoms with Crippen molar-refractivity contribution >= 4 is 132 Å². The Morgan fingerprint density at radius 3 is 0.789 bits per heavy atom. The number of benzene rings is 23. The highest BCUT2D eigenvalue weighted by molar-refractivity contribution is 6.18. The summed E-state index contributed by atoms with van der Waals surface area (Å²) in [6, 6.07) is 201. The van der Waals surface area contributed by atoms with E-state index >= 15 is 0 Å². The molecule has 0 aliphatic heterocycles. The molecule has 4 heterocycles. The quantitative estimate of drug-likeness (QED) is 0.0806. The molecule has 0 aliphatic rings. The lowest BCUT2D eigenvalue weighted by molar-refractivity contribution is 1.18. The number of fused-ring (bicyclic) bond motifs is 13. The zero-order chi connectivity index (χ0) is 93.7. The molecule has 0 atom stereocenters. The van der Waals surface area contributed by atoms with Crippen molar-refractivity contribution in [3.63, 3.8) is 0 Å². The van der Waals surface area contributed by atoms with Gasteiger partial charge in [-0.2, -0.15) is 0 Å². The minimum Gasteiger partial charge on any atom is -0.311 e. The van der Waals surface area contributed by atoms with Gasteiger partial charge in [0.05, 0.1) is 49.8 Å². The average Bonchev–Trinajstić information content (AvgIpc) is 1.61. The van der Waals surface area contributed by atoms with Crippen molar-refractivity contribution in [1.82, 2.24) is 18.3 Å². The third-order valence-corrected chi connectivity index (χ3v) is 29.0. The van der Waals surface area contributed by atoms with E-state index in [1.54, 1.807) is 0 Å². The number of hydrogen-bond acceptors (Lipinski definition) is 2. The highest BCUT2D eigenvalue weighted by Crippen LogP contribution is 2.49. The molecule has 142 heavy (non-hydrogen) atoms. The van der Waals surface area contributed by atoms with Gasteiger partial charge in [0, 0.05) is 99.7 Å². The van der Waals surface area contributed by atoms with Gasteiger partial charge >= 0.3 is 0 Å². The standard InChI is InChI=1S/C136H90N6/c1-4-24-91(25-5-1)92-46-48-93(49-47-92)96-58-76-112(77-59-96)138(132-87-84-116(118-32-10-11-33-119(118)132)106-69-86-134-126(90-106)123-37-15-20-43-130(123)140(134)108-30-8-3-9-31-108)113-78-60-98(61-79-113)100-64-82-115(83-65-100)142-131-44-21-16-38-124(131)136-117(39-23-45-135(136)142)105-27-22-26-103(88-105)101-52-50-94(51-53-101)95-54-70-109(71-55-95)137(110-72-56-97(57-73-110)99-62-80-114(81-63-99)141-127-40-17-12-34-120(127)121-35-13-18-41-128(121)141)111-74-66-102(67-75-111)104-68-85-133-125(89-104)122-36-14-19-42-129(122)139(133)107-28-6-2-7-29-107/h1-90H. The summed E-state index contributed by atoms with van der Waals surface area (Å²) in [5, 5.41) is 12.2. The second-order valence-electron chi connectivity index (χ2n) is 37.0. The lowest BCUT2D eigenvalue weighted by Crippen LogP contribution is -2.10. The molecule has 0 unspecified atom stereocenters. The first kappa shape index (κ1) is 82.6. The highest BCUT2D eigenvalue weighted by Gasteiger charge is 2.25. The smallest absolute Gasteiger partial charge is 0.0547 e. The fraction of sp³-hybridized carbons (Fsp3) is 0. The molecule has 4 aromatic heterocycles. The van der Waals surface area contributed by atoms with Crippen LogP contribution < -0.4 is 9.80 Å². The molecule has 23 aromatic carbocycles. The van der Waals surface area contributed by atoms with Crippen molar-refractivity contribution in [2.24, 2.45) is 0 Å². The van der Waals surface area contributed by atoms with Crippen molar-refractivity contribution in [3.05, 3.63) is 546 Å². The first-order valence-electron chi connectivity index (χ1n) is 48.8. The van der Waals surface area contributed by atoms with Crippen molar-refractivity contribution in [3.8, 4) is 123 Å². The second-order valence-corrected chi connectivity index (χ2v) is 37.0. The molecule has 27 rings (SSSR count). The summed E-state index contributed by atoms with van der Waals surface area (Å²) in [7, 11) is 0. The Morgan fingerprint density at radius 1 is 0.120 bits per heavy atom. The molecule has 0 radical (unpaired) electrons. The van der Waals surface area contributed by atoms with E-state index in [4.69, 9.17) is 0 Å². The normalized spacial score (nSPS) is 11.7. The Labute approximate surface area is 823 Å². The van der Waals surface area contributed by atoms with E-state index in [2.05, 4.69) is 574 Å². The van der Waals surface area contributed by atoms with Crippen LogP contribution in [0.5, 0.6) is 0 Å². The Bertz CT molecular complexity index is 9440. The lowest BCUT2D eigenvalue weighted by Gasteiger charge is -2.28. The summed E-state index contributed by atoms with van der Waals surface area (Å²) in [5.41, 5.74) is 41.4. The fourth-order valence-electron chi connectivity index (χ4n) is 22.2. The molecular weight excluding hydrogens is 1720 g/mol. The van der Waals surface area contributed by atoms with Gasteiger partial charge in [0.15, 0.2) is 0 Å². The molecular formula is C136H90N6. The maximum absolute atomic E-state index is 2.44. The van der Waals surface area contributed by atoms with Gasteiger partial charge in [0.25, 0.3) is 0 Å². The maximum Gasteiger partial charge on any atom is 0.0547 e. The number of para-hydroxylation sites is 7. The Kier molecular flexibility index (Phi) is 20.2. The molecule has 0 N–H and O–H groups in total. The molecule has 0 spiro atoms. The van der Waals surface area contributed by atoms with Gasteiger partial charge in [-0.25, -0.2) is 0 Å². The monoisotopic (exact) mass is 1810 g/mol. The summed E-state index contributed by atoms with van der Waals surface area (Å²) in [5.74, 6) is 0. The van der Waals surface area contributed by atoms with Crippen LogP contribution in [0, 0.1) is 0 Å². The van der Waals surface area contributed by atoms with E-state index in [0.29, 0.717) is 0 Å². The van der Waals surface area contributed by atoms with Crippen LogP contribution in [0.3, 0.4) is 0 Å². The highest BCUT2D eigenvalue weighted by atomic mass is 15.2. The van der Waals surface area contributed by atoms with Gasteiger partial charge in [-0.15, -0.1) is 0 Å². The van der Waals surface area contributed by atoms with Crippen LogP contribution in [0.15, 0.2) is 546 Å². The van der Waals surface area contributed by atoms with E-state index in [1.807, 2.05) is 0 Å². The number of aromatic nitrogens is 4. The van der Waals surface area contributed by atoms with E-state index in [-0.39, 0.29) is 0 Å². The van der Waals surface area contributed by atoms with Crippen molar-refractivity contribution in [1.29, 1.82) is 0 Å². The minimum absolute atomic E-state index is 1.06. The van der Waals surface area contributed by atoms with Gasteiger partial charge in [-0.3, -0.25) is 0 Å². The molecule has 0 saturated heterocycles. The van der Waals surface area contributed by atoms with Crippen molar-refractivity contribution in [2.45, 2.75) is 0 Å². The van der Waals surface area contributed by atoms with Crippen LogP contribution in [0.4, 0.5) is 34.1 Å². The molecule has 0 amide bonds. The Balaban J connectivity index is 0.474. The fourth-order valence-corrected chi connectivity index (χ4v) is 22.2. The third kappa shape index (κ3) is 14.4. The second kappa shape index (κ2) is 34.7. The summed E-state index contributed by atoms with van der Waals surface area (Å²) in [4.78, 5) is 4.81. The SMILES string of the molecule is c1ccc(-c2ccc(-c3ccc(N(c4ccc(-c5ccc(-n6c7ccccc7c7c(-c8cccc(-c9ccc(-c%10ccc(N(c%11ccc(-c%12ccc(-n%13c%14ccccc%14c%14ccccc%14%13)cc%12)cc%11)c%11ccc(-c%12ccc%13c(c%12)c%12ccccc%12n%13-c%12ccccc%12)cc%11)cc%10)cc9)c8)cccc76)cc5)cc4)c4ccc(-c5ccc6c(c5)c5ccccc5n6-c5ccccc5)c5ccccc45)cc3)cc2)cc1. The summed E-state index contributed by atoms with van der Waals surface area (Å²) in [6.07, 6.45) is 0. The summed E-state index contributed by atoms with van der Waals surface area (Å²) < 4.78 is 9.58. The third-order valence-electron chi connectivity index (χ3n) is 29.0. The van der Waals surface area contributed by atoms with Gasteiger partial charge < -0.3 is 28.1 Å². The Morgan fingerprint density at radius 2 is 0.366 bits per heavy atom. The van der Waals surface area contributed by atoms with Crippen LogP contribution in [0.2, 0.25) is 0 Å². The number of nitrogens with zero attached hydrogens (tertiary/aromatic N) is 6. The molecule has 664 valence electrons. The molecule has 0 aliphatic carbocycles. The van der Waals surface area contributed by atoms with Crippen LogP contribution in [-0.4, -0.2) is 18.3 Å². The molecule has 6 heteroatoms. The van der Waals surface area contributed by atoms with Gasteiger partial charge in [0.1, 0.15) is 0 Å². The van der Waals surface area contributed by atoms with E-state index < -0.39 is 0 Å². The van der Waals surface area contributed by atoms with Gasteiger partial charge in [0.2, 0.25) is 0 Å². The average molecular weight is 1810 g/mol. The molecule has 0 fully saturated rings. The van der Waals surface area contributed by atoms with Crippen LogP contribution in [0.25, 0.3) is 221 Å². The van der Waals surface area contributed by atoms with Gasteiger partial charge in [-0.1, -0.05) is 364 Å². The van der Waals surface area contributed by atoms with Gasteiger partial charge in [-0.05, 0) is 288 Å². The predicted octanol–water partition coefficient (Wildman–Crippen LogP) is 37.2. The van der Waals surface area contributed by atoms with E-state index in [1.165, 1.54) is 121 Å². The Hall–Kier alpha value is -18.9.